The topological polar surface area (TPSA) is 66.6 Å². The van der Waals surface area contributed by atoms with E-state index in [1.807, 2.05) is 38.1 Å². The van der Waals surface area contributed by atoms with Crippen LogP contribution in [0.4, 0.5) is 5.69 Å². The number of nitrogens with one attached hydrogen (secondary N) is 4. The molecule has 0 fully saturated rings. The van der Waals surface area contributed by atoms with Gasteiger partial charge in [-0.3, -0.25) is 10.9 Å². The highest BCUT2D eigenvalue weighted by molar-refractivity contribution is 7.80. The van der Waals surface area contributed by atoms with Gasteiger partial charge in [-0.05, 0) is 69.0 Å². The van der Waals surface area contributed by atoms with Gasteiger partial charge in [0.05, 0.1) is 6.61 Å². The van der Waals surface area contributed by atoms with E-state index in [4.69, 9.17) is 33.9 Å². The van der Waals surface area contributed by atoms with E-state index in [1.165, 1.54) is 0 Å². The van der Waals surface area contributed by atoms with Crippen LogP contribution in [0.2, 0.25) is 0 Å². The molecule has 6 nitrogen and oxygen atoms in total. The van der Waals surface area contributed by atoms with Gasteiger partial charge in [0.15, 0.2) is 10.2 Å². The number of hydrogen-bond acceptors (Lipinski definition) is 4. The molecule has 0 aromatic heterocycles. The molecule has 0 saturated carbocycles. The molecule has 0 amide bonds. The Hall–Kier alpha value is -1.64. The van der Waals surface area contributed by atoms with Crippen LogP contribution < -0.4 is 26.2 Å². The summed E-state index contributed by atoms with van der Waals surface area (Å²) in [6.07, 6.45) is 0.893. The lowest BCUT2D eigenvalue weighted by Gasteiger charge is -2.14. The van der Waals surface area contributed by atoms with Gasteiger partial charge in [0, 0.05) is 25.4 Å². The molecule has 0 aliphatic heterocycles. The van der Waals surface area contributed by atoms with E-state index in [-0.39, 0.29) is 0 Å². The molecule has 0 radical (unpaired) electrons. The van der Waals surface area contributed by atoms with Crippen LogP contribution >= 0.6 is 24.4 Å². The van der Waals surface area contributed by atoms with Gasteiger partial charge < -0.3 is 20.1 Å². The Morgan fingerprint density at radius 2 is 1.70 bits per heavy atom. The Labute approximate surface area is 148 Å². The lowest BCUT2D eigenvalue weighted by Crippen LogP contribution is -2.48. The van der Waals surface area contributed by atoms with Crippen molar-refractivity contribution < 1.29 is 9.47 Å². The fourth-order valence-corrected chi connectivity index (χ4v) is 1.96. The Morgan fingerprint density at radius 1 is 1.00 bits per heavy atom. The number of hydrazine groups is 1. The Bertz CT molecular complexity index is 483. The third-order valence-corrected chi connectivity index (χ3v) is 3.12. The highest BCUT2D eigenvalue weighted by Gasteiger charge is 2.00. The summed E-state index contributed by atoms with van der Waals surface area (Å²) in [5.74, 6) is 0.826. The normalized spacial score (nSPS) is 9.83. The van der Waals surface area contributed by atoms with Crippen molar-refractivity contribution in [2.45, 2.75) is 20.3 Å². The minimum absolute atomic E-state index is 0.424. The number of rotatable bonds is 8. The number of benzene rings is 1. The summed E-state index contributed by atoms with van der Waals surface area (Å²) in [6, 6.07) is 7.55. The molecule has 0 aliphatic rings. The molecule has 0 unspecified atom stereocenters. The van der Waals surface area contributed by atoms with Crippen molar-refractivity contribution in [3.05, 3.63) is 24.3 Å². The van der Waals surface area contributed by atoms with Gasteiger partial charge >= 0.3 is 0 Å². The summed E-state index contributed by atoms with van der Waals surface area (Å²) in [5, 5.41) is 7.01. The van der Waals surface area contributed by atoms with E-state index in [9.17, 15) is 0 Å². The van der Waals surface area contributed by atoms with Crippen LogP contribution in [-0.4, -0.2) is 36.6 Å². The Kier molecular flexibility index (Phi) is 10.0. The van der Waals surface area contributed by atoms with Crippen LogP contribution in [0.15, 0.2) is 24.3 Å². The summed E-state index contributed by atoms with van der Waals surface area (Å²) in [4.78, 5) is 0. The van der Waals surface area contributed by atoms with Crippen LogP contribution in [0.1, 0.15) is 20.3 Å². The van der Waals surface area contributed by atoms with Gasteiger partial charge in [-0.15, -0.1) is 0 Å². The monoisotopic (exact) mass is 356 g/mol. The minimum Gasteiger partial charge on any atom is -0.494 e. The van der Waals surface area contributed by atoms with Crippen molar-refractivity contribution in [2.24, 2.45) is 0 Å². The standard InChI is InChI=1S/C15H24N4O2S2/c1-3-20-11-5-10-16-14(22)18-19-15(23)17-12-6-8-13(9-7-12)21-4-2/h6-9H,3-5,10-11H2,1-2H3,(H2,16,18,22)(H2,17,19,23). The van der Waals surface area contributed by atoms with Gasteiger partial charge in [-0.25, -0.2) is 0 Å². The van der Waals surface area contributed by atoms with Crippen LogP contribution in [0, 0.1) is 0 Å². The molecule has 1 rings (SSSR count). The fourth-order valence-electron chi connectivity index (χ4n) is 1.64. The smallest absolute Gasteiger partial charge is 0.189 e. The average Bonchev–Trinajstić information content (AvgIpc) is 2.55. The summed E-state index contributed by atoms with van der Waals surface area (Å²) < 4.78 is 10.6. The summed E-state index contributed by atoms with van der Waals surface area (Å²) in [7, 11) is 0. The first-order valence-electron chi connectivity index (χ1n) is 7.57. The molecule has 0 spiro atoms. The van der Waals surface area contributed by atoms with Crippen LogP contribution in [0.3, 0.4) is 0 Å². The van der Waals surface area contributed by atoms with Crippen molar-refractivity contribution in [3.63, 3.8) is 0 Å². The molecule has 128 valence electrons. The first kappa shape index (κ1) is 19.4. The molecule has 0 bridgehead atoms. The average molecular weight is 357 g/mol. The predicted molar refractivity (Wildman–Crippen MR) is 102 cm³/mol. The van der Waals surface area contributed by atoms with Gasteiger partial charge in [-0.2, -0.15) is 0 Å². The number of ether oxygens (including phenoxy) is 2. The second kappa shape index (κ2) is 11.9. The second-order valence-electron chi connectivity index (χ2n) is 4.47. The van der Waals surface area contributed by atoms with Crippen molar-refractivity contribution in [1.82, 2.24) is 16.2 Å². The predicted octanol–water partition coefficient (Wildman–Crippen LogP) is 2.18. The molecule has 1 aromatic rings. The zero-order chi connectivity index (χ0) is 16.9. The zero-order valence-corrected chi connectivity index (χ0v) is 15.1. The van der Waals surface area contributed by atoms with Crippen LogP contribution in [0.5, 0.6) is 5.75 Å². The summed E-state index contributed by atoms with van der Waals surface area (Å²) >= 11 is 10.3. The van der Waals surface area contributed by atoms with E-state index < -0.39 is 0 Å². The lowest BCUT2D eigenvalue weighted by atomic mass is 10.3. The third-order valence-electron chi connectivity index (χ3n) is 2.67. The van der Waals surface area contributed by atoms with E-state index in [0.29, 0.717) is 16.8 Å². The molecule has 0 saturated heterocycles. The van der Waals surface area contributed by atoms with Gasteiger partial charge in [0.2, 0.25) is 0 Å². The summed E-state index contributed by atoms with van der Waals surface area (Å²) in [5.41, 5.74) is 6.52. The molecule has 4 N–H and O–H groups in total. The maximum absolute atomic E-state index is 5.38. The molecular weight excluding hydrogens is 332 g/mol. The number of thiocarbonyl (C=S) groups is 2. The molecule has 0 heterocycles. The van der Waals surface area contributed by atoms with Crippen LogP contribution in [0.25, 0.3) is 0 Å². The Morgan fingerprint density at radius 3 is 2.35 bits per heavy atom. The van der Waals surface area contributed by atoms with Crippen molar-refractivity contribution in [3.8, 4) is 5.75 Å². The third kappa shape index (κ3) is 9.17. The van der Waals surface area contributed by atoms with Gasteiger partial charge in [-0.1, -0.05) is 0 Å². The van der Waals surface area contributed by atoms with Crippen LogP contribution in [-0.2, 0) is 4.74 Å². The maximum atomic E-state index is 5.38. The van der Waals surface area contributed by atoms with Gasteiger partial charge in [0.25, 0.3) is 0 Å². The molecule has 8 heteroatoms. The van der Waals surface area contributed by atoms with E-state index >= 15 is 0 Å². The van der Waals surface area contributed by atoms with E-state index in [2.05, 4.69) is 21.5 Å². The quantitative estimate of drug-likeness (QED) is 0.321. The lowest BCUT2D eigenvalue weighted by molar-refractivity contribution is 0.145. The molecular formula is C15H24N4O2S2. The minimum atomic E-state index is 0.424. The highest BCUT2D eigenvalue weighted by Crippen LogP contribution is 2.15. The highest BCUT2D eigenvalue weighted by atomic mass is 32.1. The van der Waals surface area contributed by atoms with E-state index in [1.54, 1.807) is 0 Å². The maximum Gasteiger partial charge on any atom is 0.189 e. The van der Waals surface area contributed by atoms with Crippen molar-refractivity contribution >= 4 is 40.3 Å². The second-order valence-corrected chi connectivity index (χ2v) is 5.28. The van der Waals surface area contributed by atoms with Crippen molar-refractivity contribution in [1.29, 1.82) is 0 Å². The first-order valence-corrected chi connectivity index (χ1v) is 8.38. The molecule has 23 heavy (non-hydrogen) atoms. The number of hydrogen-bond donors (Lipinski definition) is 4. The number of anilines is 1. The van der Waals surface area contributed by atoms with E-state index in [0.717, 1.165) is 37.6 Å². The summed E-state index contributed by atoms with van der Waals surface area (Å²) in [6.45, 7) is 6.76. The Balaban J connectivity index is 2.19. The fraction of sp³-hybridized carbons (Fsp3) is 0.467. The molecule has 0 atom stereocenters. The van der Waals surface area contributed by atoms with Gasteiger partial charge in [0.1, 0.15) is 5.75 Å². The first-order chi connectivity index (χ1) is 11.2. The zero-order valence-electron chi connectivity index (χ0n) is 13.5. The van der Waals surface area contributed by atoms with Crippen molar-refractivity contribution in [2.75, 3.05) is 31.7 Å². The SMILES string of the molecule is CCOCCCNC(=S)NNC(=S)Nc1ccc(OCC)cc1. The largest absolute Gasteiger partial charge is 0.494 e. The molecule has 0 aliphatic carbocycles. The molecule has 1 aromatic carbocycles.